The minimum absolute atomic E-state index is 0.134. The second kappa shape index (κ2) is 7.48. The van der Waals surface area contributed by atoms with Crippen LogP contribution >= 0.6 is 0 Å². The van der Waals surface area contributed by atoms with E-state index in [0.29, 0.717) is 5.92 Å². The molecule has 0 bridgehead atoms. The predicted molar refractivity (Wildman–Crippen MR) is 75.6 cm³/mol. The van der Waals surface area contributed by atoms with Crippen molar-refractivity contribution in [3.8, 4) is 0 Å². The Morgan fingerprint density at radius 1 is 1.28 bits per heavy atom. The molecule has 4 nitrogen and oxygen atoms in total. The average Bonchev–Trinajstić information content (AvgIpc) is 2.38. The third kappa shape index (κ3) is 4.99. The first-order valence-corrected chi connectivity index (χ1v) is 6.27. The quantitative estimate of drug-likeness (QED) is 0.600. The van der Waals surface area contributed by atoms with Gasteiger partial charge in [-0.05, 0) is 24.5 Å². The van der Waals surface area contributed by atoms with Gasteiger partial charge in [-0.25, -0.2) is 5.43 Å². The van der Waals surface area contributed by atoms with Gasteiger partial charge in [0.2, 0.25) is 0 Å². The van der Waals surface area contributed by atoms with Gasteiger partial charge in [0.25, 0.3) is 5.91 Å². The third-order valence-corrected chi connectivity index (χ3v) is 2.58. The zero-order chi connectivity index (χ0) is 13.4. The van der Waals surface area contributed by atoms with Crippen LogP contribution in [0.1, 0.15) is 27.2 Å². The van der Waals surface area contributed by atoms with Gasteiger partial charge in [0, 0.05) is 11.4 Å². The maximum absolute atomic E-state index is 11.6. The first-order valence-electron chi connectivity index (χ1n) is 6.27. The lowest BCUT2D eigenvalue weighted by atomic mass is 10.1. The molecule has 98 valence electrons. The number of hydrogen-bond acceptors (Lipinski definition) is 3. The standard InChI is InChI=1S/C14H21N3O/c1-4-13(11(2)3)16-17-14(18)10-15-12-8-6-5-7-9-12/h5-9,11,15H,4,10H2,1-3H3,(H,17,18)/b16-13-. The molecule has 0 aliphatic carbocycles. The number of anilines is 1. The monoisotopic (exact) mass is 247 g/mol. The summed E-state index contributed by atoms with van der Waals surface area (Å²) in [4.78, 5) is 11.6. The maximum atomic E-state index is 11.6. The van der Waals surface area contributed by atoms with Gasteiger partial charge in [0.05, 0.1) is 6.54 Å². The van der Waals surface area contributed by atoms with E-state index in [0.717, 1.165) is 17.8 Å². The molecular formula is C14H21N3O. The number of para-hydroxylation sites is 1. The molecule has 0 fully saturated rings. The van der Waals surface area contributed by atoms with E-state index >= 15 is 0 Å². The Morgan fingerprint density at radius 2 is 1.94 bits per heavy atom. The molecule has 0 heterocycles. The molecule has 2 N–H and O–H groups in total. The Bertz CT molecular complexity index is 399. The Labute approximate surface area is 108 Å². The van der Waals surface area contributed by atoms with E-state index in [2.05, 4.69) is 29.7 Å². The molecule has 0 saturated heterocycles. The van der Waals surface area contributed by atoms with Crippen LogP contribution in [0.25, 0.3) is 0 Å². The molecule has 0 spiro atoms. The number of amides is 1. The molecule has 1 aromatic rings. The number of carbonyl (C=O) groups is 1. The molecule has 0 aromatic heterocycles. The lowest BCUT2D eigenvalue weighted by Crippen LogP contribution is -2.27. The molecule has 4 heteroatoms. The summed E-state index contributed by atoms with van der Waals surface area (Å²) in [5.74, 6) is 0.225. The number of hydrazone groups is 1. The van der Waals surface area contributed by atoms with Crippen molar-refractivity contribution in [3.05, 3.63) is 30.3 Å². The summed E-state index contributed by atoms with van der Waals surface area (Å²) in [5, 5.41) is 7.17. The highest BCUT2D eigenvalue weighted by Crippen LogP contribution is 2.03. The molecule has 1 aromatic carbocycles. The summed E-state index contributed by atoms with van der Waals surface area (Å²) < 4.78 is 0. The van der Waals surface area contributed by atoms with Gasteiger partial charge >= 0.3 is 0 Å². The van der Waals surface area contributed by atoms with Gasteiger partial charge in [0.1, 0.15) is 0 Å². The van der Waals surface area contributed by atoms with Crippen molar-refractivity contribution < 1.29 is 4.79 Å². The molecule has 0 radical (unpaired) electrons. The molecule has 1 amide bonds. The number of rotatable bonds is 6. The van der Waals surface area contributed by atoms with Crippen molar-refractivity contribution in [2.45, 2.75) is 27.2 Å². The first-order chi connectivity index (χ1) is 8.63. The third-order valence-electron chi connectivity index (χ3n) is 2.58. The van der Waals surface area contributed by atoms with Crippen LogP contribution in [0.2, 0.25) is 0 Å². The van der Waals surface area contributed by atoms with Crippen LogP contribution in [-0.2, 0) is 4.79 Å². The topological polar surface area (TPSA) is 53.5 Å². The van der Waals surface area contributed by atoms with Crippen molar-refractivity contribution in [1.29, 1.82) is 0 Å². The summed E-state index contributed by atoms with van der Waals surface area (Å²) in [6, 6.07) is 9.62. The average molecular weight is 247 g/mol. The zero-order valence-corrected chi connectivity index (χ0v) is 11.2. The van der Waals surface area contributed by atoms with E-state index in [9.17, 15) is 4.79 Å². The molecular weight excluding hydrogens is 226 g/mol. The summed E-state index contributed by atoms with van der Waals surface area (Å²) in [5.41, 5.74) is 4.50. The maximum Gasteiger partial charge on any atom is 0.259 e. The van der Waals surface area contributed by atoms with Crippen molar-refractivity contribution in [3.63, 3.8) is 0 Å². The lowest BCUT2D eigenvalue weighted by molar-refractivity contribution is -0.119. The van der Waals surface area contributed by atoms with E-state index in [1.165, 1.54) is 0 Å². The number of hydrogen-bond donors (Lipinski definition) is 2. The summed E-state index contributed by atoms with van der Waals surface area (Å²) in [6.07, 6.45) is 0.851. The minimum atomic E-state index is -0.134. The number of nitrogens with zero attached hydrogens (tertiary/aromatic N) is 1. The Kier molecular flexibility index (Phi) is 5.91. The Morgan fingerprint density at radius 3 is 2.50 bits per heavy atom. The van der Waals surface area contributed by atoms with Gasteiger partial charge in [-0.2, -0.15) is 5.10 Å². The van der Waals surface area contributed by atoms with Crippen molar-refractivity contribution in [2.75, 3.05) is 11.9 Å². The van der Waals surface area contributed by atoms with Gasteiger partial charge in [0.15, 0.2) is 0 Å². The zero-order valence-electron chi connectivity index (χ0n) is 11.2. The largest absolute Gasteiger partial charge is 0.376 e. The van der Waals surface area contributed by atoms with Crippen LogP contribution < -0.4 is 10.7 Å². The number of benzene rings is 1. The molecule has 0 unspecified atom stereocenters. The van der Waals surface area contributed by atoms with Crippen molar-refractivity contribution in [2.24, 2.45) is 11.0 Å². The summed E-state index contributed by atoms with van der Waals surface area (Å²) in [6.45, 7) is 6.39. The summed E-state index contributed by atoms with van der Waals surface area (Å²) in [7, 11) is 0. The van der Waals surface area contributed by atoms with Crippen LogP contribution in [0.15, 0.2) is 35.4 Å². The second-order valence-corrected chi connectivity index (χ2v) is 4.37. The Balaban J connectivity index is 2.38. The second-order valence-electron chi connectivity index (χ2n) is 4.37. The van der Waals surface area contributed by atoms with E-state index in [-0.39, 0.29) is 12.5 Å². The molecule has 0 aliphatic rings. The first kappa shape index (κ1) is 14.2. The smallest absolute Gasteiger partial charge is 0.259 e. The van der Waals surface area contributed by atoms with Gasteiger partial charge in [-0.15, -0.1) is 0 Å². The molecule has 0 atom stereocenters. The fourth-order valence-electron chi connectivity index (χ4n) is 1.53. The Hall–Kier alpha value is -1.84. The molecule has 18 heavy (non-hydrogen) atoms. The van der Waals surface area contributed by atoms with Crippen molar-refractivity contribution in [1.82, 2.24) is 5.43 Å². The fourth-order valence-corrected chi connectivity index (χ4v) is 1.53. The fraction of sp³-hybridized carbons (Fsp3) is 0.429. The van der Waals surface area contributed by atoms with Crippen LogP contribution in [0.5, 0.6) is 0 Å². The highest BCUT2D eigenvalue weighted by atomic mass is 16.2. The summed E-state index contributed by atoms with van der Waals surface area (Å²) >= 11 is 0. The minimum Gasteiger partial charge on any atom is -0.376 e. The molecule has 0 aliphatic heterocycles. The van der Waals surface area contributed by atoms with Gasteiger partial charge in [-0.3, -0.25) is 4.79 Å². The van der Waals surface area contributed by atoms with Crippen LogP contribution in [-0.4, -0.2) is 18.2 Å². The normalized spacial score (nSPS) is 11.4. The number of nitrogens with one attached hydrogen (secondary N) is 2. The van der Waals surface area contributed by atoms with Crippen LogP contribution in [0, 0.1) is 5.92 Å². The van der Waals surface area contributed by atoms with Gasteiger partial charge < -0.3 is 5.32 Å². The highest BCUT2D eigenvalue weighted by molar-refractivity contribution is 5.88. The number of carbonyl (C=O) groups excluding carboxylic acids is 1. The van der Waals surface area contributed by atoms with E-state index < -0.39 is 0 Å². The van der Waals surface area contributed by atoms with Crippen LogP contribution in [0.3, 0.4) is 0 Å². The van der Waals surface area contributed by atoms with E-state index in [1.54, 1.807) is 0 Å². The van der Waals surface area contributed by atoms with E-state index in [4.69, 9.17) is 0 Å². The molecule has 1 rings (SSSR count). The van der Waals surface area contributed by atoms with Crippen molar-refractivity contribution >= 4 is 17.3 Å². The lowest BCUT2D eigenvalue weighted by Gasteiger charge is -2.08. The predicted octanol–water partition coefficient (Wildman–Crippen LogP) is 2.64. The van der Waals surface area contributed by atoms with E-state index in [1.807, 2.05) is 37.3 Å². The highest BCUT2D eigenvalue weighted by Gasteiger charge is 2.04. The van der Waals surface area contributed by atoms with Crippen LogP contribution in [0.4, 0.5) is 5.69 Å². The van der Waals surface area contributed by atoms with Gasteiger partial charge in [-0.1, -0.05) is 39.0 Å². The molecule has 0 saturated carbocycles. The SMILES string of the molecule is CC/C(=N/NC(=O)CNc1ccccc1)C(C)C.